The van der Waals surface area contributed by atoms with Gasteiger partial charge in [-0.05, 0) is 24.4 Å². The number of thiocarbonyl (C=S) groups is 1. The number of anilines is 1. The van der Waals surface area contributed by atoms with Crippen LogP contribution >= 0.6 is 23.8 Å². The number of nitrogens with zero attached hydrogens (tertiary/aromatic N) is 2. The molecule has 3 N–H and O–H groups in total. The fourth-order valence-electron chi connectivity index (χ4n) is 1.30. The molecule has 0 saturated heterocycles. The maximum Gasteiger partial charge on any atom is 0.241 e. The van der Waals surface area contributed by atoms with Gasteiger partial charge in [-0.2, -0.15) is 4.98 Å². The minimum Gasteiger partial charge on any atom is -0.376 e. The van der Waals surface area contributed by atoms with Gasteiger partial charge in [0.1, 0.15) is 5.88 Å². The molecule has 0 saturated carbocycles. The molecule has 0 fully saturated rings. The molecule has 5 nitrogen and oxygen atoms in total. The Balaban J connectivity index is 2.29. The Kier molecular flexibility index (Phi) is 3.55. The minimum absolute atomic E-state index is 0.192. The average Bonchev–Trinajstić information content (AvgIpc) is 2.77. The second-order valence-electron chi connectivity index (χ2n) is 3.22. The highest BCUT2D eigenvalue weighted by Gasteiger charge is 2.08. The molecule has 0 spiro atoms. The second kappa shape index (κ2) is 5.11. The molecule has 0 atom stereocenters. The van der Waals surface area contributed by atoms with Crippen molar-refractivity contribution in [2.24, 2.45) is 5.73 Å². The molecule has 0 bridgehead atoms. The Morgan fingerprint density at radius 1 is 1.53 bits per heavy atom. The second-order valence-corrected chi connectivity index (χ2v) is 3.92. The standard InChI is InChI=1S/C10H9ClN4OS/c11-5-8-14-9(15-16-8)6-2-1-3-7(4-6)13-10(12)17/h1-4H,5H2,(H3,12,13,17). The lowest BCUT2D eigenvalue weighted by atomic mass is 10.2. The number of hydrogen-bond acceptors (Lipinski definition) is 4. The first-order chi connectivity index (χ1) is 8.19. The topological polar surface area (TPSA) is 77.0 Å². The number of alkyl halides is 1. The molecule has 17 heavy (non-hydrogen) atoms. The van der Waals surface area contributed by atoms with Crippen molar-refractivity contribution in [1.82, 2.24) is 10.1 Å². The molecule has 7 heteroatoms. The van der Waals surface area contributed by atoms with Crippen molar-refractivity contribution in [3.05, 3.63) is 30.2 Å². The molecule has 1 heterocycles. The number of aromatic nitrogens is 2. The number of halogens is 1. The van der Waals surface area contributed by atoms with Gasteiger partial charge in [-0.25, -0.2) is 0 Å². The third-order valence-electron chi connectivity index (χ3n) is 1.97. The maximum absolute atomic E-state index is 5.59. The van der Waals surface area contributed by atoms with Crippen LogP contribution < -0.4 is 11.1 Å². The van der Waals surface area contributed by atoms with E-state index in [9.17, 15) is 0 Å². The van der Waals surface area contributed by atoms with E-state index in [-0.39, 0.29) is 11.0 Å². The summed E-state index contributed by atoms with van der Waals surface area (Å²) in [4.78, 5) is 4.12. The largest absolute Gasteiger partial charge is 0.376 e. The van der Waals surface area contributed by atoms with Gasteiger partial charge in [-0.3, -0.25) is 0 Å². The SMILES string of the molecule is NC(=S)Nc1cccc(-c2noc(CCl)n2)c1. The van der Waals surface area contributed by atoms with E-state index in [0.29, 0.717) is 11.7 Å². The van der Waals surface area contributed by atoms with Crippen LogP contribution in [0.25, 0.3) is 11.4 Å². The zero-order chi connectivity index (χ0) is 12.3. The molecular formula is C10H9ClN4OS. The van der Waals surface area contributed by atoms with E-state index < -0.39 is 0 Å². The van der Waals surface area contributed by atoms with Gasteiger partial charge in [0.25, 0.3) is 0 Å². The van der Waals surface area contributed by atoms with Crippen LogP contribution in [-0.4, -0.2) is 15.3 Å². The summed E-state index contributed by atoms with van der Waals surface area (Å²) in [5.74, 6) is 1.05. The van der Waals surface area contributed by atoms with Gasteiger partial charge in [-0.1, -0.05) is 17.3 Å². The Morgan fingerprint density at radius 2 is 2.35 bits per heavy atom. The van der Waals surface area contributed by atoms with Crippen LogP contribution in [0.3, 0.4) is 0 Å². The lowest BCUT2D eigenvalue weighted by molar-refractivity contribution is 0.391. The monoisotopic (exact) mass is 268 g/mol. The van der Waals surface area contributed by atoms with E-state index in [4.69, 9.17) is 34.1 Å². The molecule has 0 amide bonds. The first-order valence-electron chi connectivity index (χ1n) is 4.74. The summed E-state index contributed by atoms with van der Waals surface area (Å²) < 4.78 is 4.93. The van der Waals surface area contributed by atoms with Crippen LogP contribution in [0.5, 0.6) is 0 Å². The van der Waals surface area contributed by atoms with Gasteiger partial charge in [0.2, 0.25) is 11.7 Å². The molecule has 0 aliphatic carbocycles. The number of hydrogen-bond donors (Lipinski definition) is 2. The van der Waals surface area contributed by atoms with Crippen molar-refractivity contribution in [1.29, 1.82) is 0 Å². The average molecular weight is 269 g/mol. The lowest BCUT2D eigenvalue weighted by Gasteiger charge is -2.03. The summed E-state index contributed by atoms with van der Waals surface area (Å²) in [6.45, 7) is 0. The maximum atomic E-state index is 5.59. The van der Waals surface area contributed by atoms with E-state index >= 15 is 0 Å². The van der Waals surface area contributed by atoms with E-state index in [1.165, 1.54) is 0 Å². The molecule has 1 aromatic heterocycles. The smallest absolute Gasteiger partial charge is 0.241 e. The van der Waals surface area contributed by atoms with Crippen LogP contribution in [0.4, 0.5) is 5.69 Å². The minimum atomic E-state index is 0.192. The summed E-state index contributed by atoms with van der Waals surface area (Å²) in [5.41, 5.74) is 6.96. The Labute approximate surface area is 108 Å². The van der Waals surface area contributed by atoms with Gasteiger partial charge in [0.15, 0.2) is 5.11 Å². The highest BCUT2D eigenvalue weighted by atomic mass is 35.5. The predicted molar refractivity (Wildman–Crippen MR) is 69.7 cm³/mol. The molecule has 2 rings (SSSR count). The number of benzene rings is 1. The van der Waals surface area contributed by atoms with Gasteiger partial charge in [-0.15, -0.1) is 11.6 Å². The van der Waals surface area contributed by atoms with E-state index in [0.717, 1.165) is 11.3 Å². The lowest BCUT2D eigenvalue weighted by Crippen LogP contribution is -2.18. The fourth-order valence-corrected chi connectivity index (χ4v) is 1.53. The molecule has 2 aromatic rings. The van der Waals surface area contributed by atoms with E-state index in [1.54, 1.807) is 0 Å². The fraction of sp³-hybridized carbons (Fsp3) is 0.100. The van der Waals surface area contributed by atoms with Crippen molar-refractivity contribution < 1.29 is 4.52 Å². The molecule has 0 unspecified atom stereocenters. The van der Waals surface area contributed by atoms with Gasteiger partial charge < -0.3 is 15.6 Å². The molecule has 0 aliphatic heterocycles. The zero-order valence-corrected chi connectivity index (χ0v) is 10.3. The van der Waals surface area contributed by atoms with Crippen LogP contribution in [0.15, 0.2) is 28.8 Å². The van der Waals surface area contributed by atoms with E-state index in [1.807, 2.05) is 24.3 Å². The highest BCUT2D eigenvalue weighted by Crippen LogP contribution is 2.20. The first kappa shape index (κ1) is 11.8. The van der Waals surface area contributed by atoms with Crippen molar-refractivity contribution in [2.45, 2.75) is 5.88 Å². The van der Waals surface area contributed by atoms with Crippen molar-refractivity contribution in [2.75, 3.05) is 5.32 Å². The molecule has 0 aliphatic rings. The Bertz CT molecular complexity index is 543. The first-order valence-corrected chi connectivity index (χ1v) is 5.69. The summed E-state index contributed by atoms with van der Waals surface area (Å²) >= 11 is 10.3. The zero-order valence-electron chi connectivity index (χ0n) is 8.68. The molecular weight excluding hydrogens is 260 g/mol. The van der Waals surface area contributed by atoms with E-state index in [2.05, 4.69) is 15.5 Å². The summed E-state index contributed by atoms with van der Waals surface area (Å²) in [6.07, 6.45) is 0. The van der Waals surface area contributed by atoms with Gasteiger partial charge in [0, 0.05) is 11.3 Å². The molecule has 1 aromatic carbocycles. The van der Waals surface area contributed by atoms with Crippen LogP contribution in [0.1, 0.15) is 5.89 Å². The van der Waals surface area contributed by atoms with Crippen molar-refractivity contribution in [3.8, 4) is 11.4 Å². The highest BCUT2D eigenvalue weighted by molar-refractivity contribution is 7.80. The quantitative estimate of drug-likeness (QED) is 0.656. The third kappa shape index (κ3) is 2.92. The summed E-state index contributed by atoms with van der Waals surface area (Å²) in [5, 5.41) is 6.85. The van der Waals surface area contributed by atoms with Crippen molar-refractivity contribution >= 4 is 34.6 Å². The predicted octanol–water partition coefficient (Wildman–Crippen LogP) is 2.13. The molecule has 0 radical (unpaired) electrons. The number of nitrogens with one attached hydrogen (secondary N) is 1. The Hall–Kier alpha value is -1.66. The summed E-state index contributed by atoms with van der Waals surface area (Å²) in [6, 6.07) is 7.35. The third-order valence-corrected chi connectivity index (χ3v) is 2.30. The van der Waals surface area contributed by atoms with Crippen LogP contribution in [0, 0.1) is 0 Å². The van der Waals surface area contributed by atoms with Gasteiger partial charge >= 0.3 is 0 Å². The number of rotatable bonds is 3. The number of nitrogens with two attached hydrogens (primary N) is 1. The summed E-state index contributed by atoms with van der Waals surface area (Å²) in [7, 11) is 0. The van der Waals surface area contributed by atoms with Gasteiger partial charge in [0.05, 0.1) is 0 Å². The Morgan fingerprint density at radius 3 is 3.00 bits per heavy atom. The van der Waals surface area contributed by atoms with Crippen molar-refractivity contribution in [3.63, 3.8) is 0 Å². The normalized spacial score (nSPS) is 10.2. The van der Waals surface area contributed by atoms with Crippen LogP contribution in [0.2, 0.25) is 0 Å². The molecule has 88 valence electrons. The van der Waals surface area contributed by atoms with Crippen LogP contribution in [-0.2, 0) is 5.88 Å².